The van der Waals surface area contributed by atoms with Crippen LogP contribution in [0, 0.1) is 11.7 Å². The van der Waals surface area contributed by atoms with Crippen LogP contribution < -0.4 is 0 Å². The Labute approximate surface area is 116 Å². The zero-order valence-electron chi connectivity index (χ0n) is 10.4. The number of nitrogens with zero attached hydrogens (tertiary/aromatic N) is 1. The van der Waals surface area contributed by atoms with Crippen molar-refractivity contribution < 1.29 is 13.9 Å². The van der Waals surface area contributed by atoms with Gasteiger partial charge < -0.3 is 9.64 Å². The maximum atomic E-state index is 13.3. The lowest BCUT2D eigenvalue weighted by molar-refractivity contribution is -0.0313. The Morgan fingerprint density at radius 1 is 1.37 bits per heavy atom. The van der Waals surface area contributed by atoms with Gasteiger partial charge in [0.15, 0.2) is 0 Å². The normalized spacial score (nSPS) is 23.5. The zero-order valence-corrected chi connectivity index (χ0v) is 11.2. The van der Waals surface area contributed by atoms with Crippen LogP contribution in [0.4, 0.5) is 4.39 Å². The Morgan fingerprint density at radius 3 is 2.84 bits per heavy atom. The molecule has 1 aliphatic carbocycles. The van der Waals surface area contributed by atoms with E-state index in [2.05, 4.69) is 0 Å². The van der Waals surface area contributed by atoms with Crippen molar-refractivity contribution in [2.24, 2.45) is 5.92 Å². The van der Waals surface area contributed by atoms with Gasteiger partial charge in [-0.1, -0.05) is 11.6 Å². The highest BCUT2D eigenvalue weighted by atomic mass is 35.5. The van der Waals surface area contributed by atoms with E-state index in [4.69, 9.17) is 16.3 Å². The molecule has 0 N–H and O–H groups in total. The van der Waals surface area contributed by atoms with E-state index < -0.39 is 5.82 Å². The minimum absolute atomic E-state index is 0.140. The first-order valence-electron chi connectivity index (χ1n) is 6.50. The molecule has 1 aromatic rings. The van der Waals surface area contributed by atoms with Gasteiger partial charge in [-0.05, 0) is 37.0 Å². The molecule has 1 saturated carbocycles. The Hall–Kier alpha value is -1.13. The average molecular weight is 284 g/mol. The second kappa shape index (κ2) is 5.10. The number of hydrogen-bond acceptors (Lipinski definition) is 2. The summed E-state index contributed by atoms with van der Waals surface area (Å²) in [7, 11) is 0. The largest absolute Gasteiger partial charge is 0.374 e. The third-order valence-corrected chi connectivity index (χ3v) is 3.86. The molecular weight excluding hydrogens is 269 g/mol. The van der Waals surface area contributed by atoms with E-state index in [1.54, 1.807) is 4.90 Å². The van der Waals surface area contributed by atoms with E-state index in [0.717, 1.165) is 0 Å². The number of halogens is 2. The third kappa shape index (κ3) is 2.90. The number of benzene rings is 1. The summed E-state index contributed by atoms with van der Waals surface area (Å²) < 4.78 is 19.0. The van der Waals surface area contributed by atoms with Crippen LogP contribution in [0.3, 0.4) is 0 Å². The molecule has 0 bridgehead atoms. The van der Waals surface area contributed by atoms with Crippen molar-refractivity contribution in [2.45, 2.75) is 18.9 Å². The van der Waals surface area contributed by atoms with E-state index in [-0.39, 0.29) is 17.0 Å². The molecule has 3 nitrogen and oxygen atoms in total. The fourth-order valence-electron chi connectivity index (χ4n) is 2.47. The smallest absolute Gasteiger partial charge is 0.254 e. The first kappa shape index (κ1) is 12.9. The highest BCUT2D eigenvalue weighted by Crippen LogP contribution is 2.35. The van der Waals surface area contributed by atoms with Crippen LogP contribution >= 0.6 is 11.6 Å². The summed E-state index contributed by atoms with van der Waals surface area (Å²) in [6, 6.07) is 3.94. The first-order valence-corrected chi connectivity index (χ1v) is 6.88. The average Bonchev–Trinajstić information content (AvgIpc) is 3.21. The van der Waals surface area contributed by atoms with Gasteiger partial charge in [-0.25, -0.2) is 4.39 Å². The summed E-state index contributed by atoms with van der Waals surface area (Å²) in [5, 5.41) is 0.246. The Morgan fingerprint density at radius 2 is 2.16 bits per heavy atom. The van der Waals surface area contributed by atoms with E-state index >= 15 is 0 Å². The molecule has 3 rings (SSSR count). The van der Waals surface area contributed by atoms with E-state index in [9.17, 15) is 9.18 Å². The topological polar surface area (TPSA) is 29.5 Å². The number of amides is 1. The van der Waals surface area contributed by atoms with Crippen molar-refractivity contribution in [2.75, 3.05) is 19.7 Å². The Kier molecular flexibility index (Phi) is 3.46. The van der Waals surface area contributed by atoms with Gasteiger partial charge in [0.05, 0.1) is 12.7 Å². The molecule has 1 heterocycles. The van der Waals surface area contributed by atoms with Crippen LogP contribution in [0.1, 0.15) is 23.2 Å². The second-order valence-corrected chi connectivity index (χ2v) is 5.59. The molecule has 0 spiro atoms. The maximum Gasteiger partial charge on any atom is 0.254 e. The zero-order chi connectivity index (χ0) is 13.4. The molecule has 1 amide bonds. The highest BCUT2D eigenvalue weighted by Gasteiger charge is 2.36. The molecule has 1 saturated heterocycles. The number of carbonyl (C=O) groups excluding carboxylic acids is 1. The quantitative estimate of drug-likeness (QED) is 0.835. The summed E-state index contributed by atoms with van der Waals surface area (Å²) >= 11 is 5.79. The summed E-state index contributed by atoms with van der Waals surface area (Å²) in [6.07, 6.45) is 2.50. The Balaban J connectivity index is 1.75. The Bertz CT molecular complexity index is 484. The predicted molar refractivity (Wildman–Crippen MR) is 69.8 cm³/mol. The lowest BCUT2D eigenvalue weighted by Gasteiger charge is -2.33. The van der Waals surface area contributed by atoms with Gasteiger partial charge in [0.25, 0.3) is 5.91 Å². The highest BCUT2D eigenvalue weighted by molar-refractivity contribution is 6.31. The third-order valence-electron chi connectivity index (χ3n) is 3.64. The molecule has 1 aromatic carbocycles. The van der Waals surface area contributed by atoms with Gasteiger partial charge in [-0.3, -0.25) is 4.79 Å². The number of morpholine rings is 1. The van der Waals surface area contributed by atoms with Crippen LogP contribution in [0.5, 0.6) is 0 Å². The molecule has 0 aromatic heterocycles. The molecule has 0 radical (unpaired) electrons. The van der Waals surface area contributed by atoms with Crippen molar-refractivity contribution >= 4 is 17.5 Å². The van der Waals surface area contributed by atoms with Crippen molar-refractivity contribution in [1.29, 1.82) is 0 Å². The second-order valence-electron chi connectivity index (χ2n) is 5.16. The van der Waals surface area contributed by atoms with Gasteiger partial charge in [0, 0.05) is 23.7 Å². The number of rotatable bonds is 2. The van der Waals surface area contributed by atoms with Crippen LogP contribution in [0.2, 0.25) is 5.02 Å². The monoisotopic (exact) mass is 283 g/mol. The van der Waals surface area contributed by atoms with Gasteiger partial charge >= 0.3 is 0 Å². The van der Waals surface area contributed by atoms with Crippen LogP contribution in [0.15, 0.2) is 18.2 Å². The number of hydrogen-bond donors (Lipinski definition) is 0. The number of carbonyl (C=O) groups is 1. The van der Waals surface area contributed by atoms with Gasteiger partial charge in [0.1, 0.15) is 5.82 Å². The van der Waals surface area contributed by atoms with E-state index in [0.29, 0.717) is 31.2 Å². The summed E-state index contributed by atoms with van der Waals surface area (Å²) in [6.45, 7) is 1.70. The van der Waals surface area contributed by atoms with Crippen molar-refractivity contribution in [3.05, 3.63) is 34.6 Å². The SMILES string of the molecule is O=C(c1cc(F)cc(Cl)c1)N1CCOC(C2CC2)C1. The molecule has 1 unspecified atom stereocenters. The molecule has 102 valence electrons. The maximum absolute atomic E-state index is 13.3. The minimum atomic E-state index is -0.483. The minimum Gasteiger partial charge on any atom is -0.374 e. The predicted octanol–water partition coefficient (Wildman–Crippen LogP) is 2.73. The fraction of sp³-hybridized carbons (Fsp3) is 0.500. The van der Waals surface area contributed by atoms with Crippen LogP contribution in [-0.4, -0.2) is 36.6 Å². The van der Waals surface area contributed by atoms with E-state index in [1.165, 1.54) is 31.0 Å². The van der Waals surface area contributed by atoms with Gasteiger partial charge in [-0.15, -0.1) is 0 Å². The lowest BCUT2D eigenvalue weighted by atomic mass is 10.1. The van der Waals surface area contributed by atoms with Crippen LogP contribution in [-0.2, 0) is 4.74 Å². The van der Waals surface area contributed by atoms with Crippen molar-refractivity contribution in [3.63, 3.8) is 0 Å². The standard InChI is InChI=1S/C14H15ClFNO2/c15-11-5-10(6-12(16)7-11)14(18)17-3-4-19-13(8-17)9-1-2-9/h5-7,9,13H,1-4,8H2. The van der Waals surface area contributed by atoms with Crippen molar-refractivity contribution in [3.8, 4) is 0 Å². The molecule has 19 heavy (non-hydrogen) atoms. The summed E-state index contributed by atoms with van der Waals surface area (Å²) in [4.78, 5) is 14.1. The summed E-state index contributed by atoms with van der Waals surface area (Å²) in [5.74, 6) is -0.0649. The fourth-order valence-corrected chi connectivity index (χ4v) is 2.69. The van der Waals surface area contributed by atoms with Gasteiger partial charge in [-0.2, -0.15) is 0 Å². The molecule has 5 heteroatoms. The lowest BCUT2D eigenvalue weighted by Crippen LogP contribution is -2.46. The van der Waals surface area contributed by atoms with E-state index in [1.807, 2.05) is 0 Å². The van der Waals surface area contributed by atoms with Gasteiger partial charge in [0.2, 0.25) is 0 Å². The summed E-state index contributed by atoms with van der Waals surface area (Å²) in [5.41, 5.74) is 0.307. The molecule has 2 fully saturated rings. The molecule has 2 aliphatic rings. The number of ether oxygens (including phenoxy) is 1. The molecule has 1 aliphatic heterocycles. The molecule has 1 atom stereocenters. The van der Waals surface area contributed by atoms with Crippen LogP contribution in [0.25, 0.3) is 0 Å². The first-order chi connectivity index (χ1) is 9.13. The molecular formula is C14H15ClFNO2. The van der Waals surface area contributed by atoms with Crippen molar-refractivity contribution in [1.82, 2.24) is 4.90 Å².